The molecule has 2 unspecified atom stereocenters. The number of hydrogen-bond acceptors (Lipinski definition) is 4. The lowest BCUT2D eigenvalue weighted by molar-refractivity contribution is -0.125. The van der Waals surface area contributed by atoms with Gasteiger partial charge >= 0.3 is 0 Å². The van der Waals surface area contributed by atoms with Gasteiger partial charge in [-0.1, -0.05) is 53.8 Å². The van der Waals surface area contributed by atoms with Gasteiger partial charge in [0.1, 0.15) is 0 Å². The molecule has 1 aliphatic rings. The van der Waals surface area contributed by atoms with E-state index in [1.165, 1.54) is 10.3 Å². The Labute approximate surface area is 170 Å². The van der Waals surface area contributed by atoms with Crippen LogP contribution < -0.4 is 10.2 Å². The molecular formula is C23H27N3OS. The number of benzene rings is 2. The Bertz CT molecular complexity index is 891. The SMILES string of the molecule is CC(CCc1ccccc1)NC(=O)C1CCCN(c2nc3ccccc3s2)C1. The van der Waals surface area contributed by atoms with Crippen LogP contribution in [0.5, 0.6) is 0 Å². The average Bonchev–Trinajstić information content (AvgIpc) is 3.17. The van der Waals surface area contributed by atoms with Gasteiger partial charge in [0.15, 0.2) is 5.13 Å². The Morgan fingerprint density at radius 3 is 2.82 bits per heavy atom. The topological polar surface area (TPSA) is 45.2 Å². The molecule has 1 fully saturated rings. The number of amides is 1. The molecule has 4 rings (SSSR count). The monoisotopic (exact) mass is 393 g/mol. The predicted octanol–water partition coefficient (Wildman–Crippen LogP) is 4.65. The molecule has 0 spiro atoms. The normalized spacial score (nSPS) is 18.2. The number of thiazole rings is 1. The van der Waals surface area contributed by atoms with Crippen LogP contribution in [0.4, 0.5) is 5.13 Å². The zero-order valence-corrected chi connectivity index (χ0v) is 17.1. The minimum Gasteiger partial charge on any atom is -0.353 e. The zero-order valence-electron chi connectivity index (χ0n) is 16.3. The standard InChI is InChI=1S/C23H27N3OS/c1-17(13-14-18-8-3-2-4-9-18)24-22(27)19-10-7-15-26(16-19)23-25-20-11-5-6-12-21(20)28-23/h2-6,8-9,11-12,17,19H,7,10,13-16H2,1H3,(H,24,27). The number of anilines is 1. The van der Waals surface area contributed by atoms with Crippen molar-refractivity contribution < 1.29 is 4.79 Å². The molecule has 0 radical (unpaired) electrons. The van der Waals surface area contributed by atoms with Crippen molar-refractivity contribution in [1.29, 1.82) is 0 Å². The van der Waals surface area contributed by atoms with E-state index in [-0.39, 0.29) is 17.9 Å². The van der Waals surface area contributed by atoms with Crippen LogP contribution in [-0.4, -0.2) is 30.0 Å². The first-order valence-electron chi connectivity index (χ1n) is 10.1. The van der Waals surface area contributed by atoms with Crippen molar-refractivity contribution in [3.05, 3.63) is 60.2 Å². The number of hydrogen-bond donors (Lipinski definition) is 1. The lowest BCUT2D eigenvalue weighted by Gasteiger charge is -2.32. The van der Waals surface area contributed by atoms with Gasteiger partial charge in [0.2, 0.25) is 5.91 Å². The molecular weight excluding hydrogens is 366 g/mol. The highest BCUT2D eigenvalue weighted by molar-refractivity contribution is 7.22. The van der Waals surface area contributed by atoms with Crippen molar-refractivity contribution >= 4 is 32.6 Å². The summed E-state index contributed by atoms with van der Waals surface area (Å²) >= 11 is 1.72. The summed E-state index contributed by atoms with van der Waals surface area (Å²) in [6.07, 6.45) is 3.94. The van der Waals surface area contributed by atoms with Crippen LogP contribution >= 0.6 is 11.3 Å². The van der Waals surface area contributed by atoms with Gasteiger partial charge in [-0.05, 0) is 50.3 Å². The summed E-state index contributed by atoms with van der Waals surface area (Å²) in [6.45, 7) is 3.85. The smallest absolute Gasteiger partial charge is 0.225 e. The van der Waals surface area contributed by atoms with Gasteiger partial charge in [-0.15, -0.1) is 0 Å². The van der Waals surface area contributed by atoms with Crippen LogP contribution in [0.1, 0.15) is 31.7 Å². The fraction of sp³-hybridized carbons (Fsp3) is 0.391. The first-order valence-corrected chi connectivity index (χ1v) is 11.0. The number of carbonyl (C=O) groups excluding carboxylic acids is 1. The molecule has 1 aromatic heterocycles. The van der Waals surface area contributed by atoms with E-state index >= 15 is 0 Å². The predicted molar refractivity (Wildman–Crippen MR) is 117 cm³/mol. The highest BCUT2D eigenvalue weighted by Crippen LogP contribution is 2.31. The Kier molecular flexibility index (Phi) is 5.91. The average molecular weight is 394 g/mol. The molecule has 146 valence electrons. The number of fused-ring (bicyclic) bond motifs is 1. The molecule has 4 nitrogen and oxygen atoms in total. The molecule has 1 N–H and O–H groups in total. The molecule has 5 heteroatoms. The first kappa shape index (κ1) is 18.9. The molecule has 1 amide bonds. The number of aryl methyl sites for hydroxylation is 1. The van der Waals surface area contributed by atoms with Gasteiger partial charge < -0.3 is 10.2 Å². The highest BCUT2D eigenvalue weighted by Gasteiger charge is 2.28. The van der Waals surface area contributed by atoms with Crippen molar-refractivity contribution in [1.82, 2.24) is 10.3 Å². The number of piperidine rings is 1. The molecule has 2 heterocycles. The maximum absolute atomic E-state index is 12.8. The summed E-state index contributed by atoms with van der Waals surface area (Å²) < 4.78 is 1.21. The largest absolute Gasteiger partial charge is 0.353 e. The van der Waals surface area contributed by atoms with E-state index in [2.05, 4.69) is 53.5 Å². The first-order chi connectivity index (χ1) is 13.7. The fourth-order valence-electron chi connectivity index (χ4n) is 3.82. The lowest BCUT2D eigenvalue weighted by atomic mass is 9.96. The highest BCUT2D eigenvalue weighted by atomic mass is 32.1. The van der Waals surface area contributed by atoms with E-state index in [0.717, 1.165) is 49.4 Å². The molecule has 28 heavy (non-hydrogen) atoms. The van der Waals surface area contributed by atoms with E-state index in [1.807, 2.05) is 18.2 Å². The van der Waals surface area contributed by atoms with Crippen molar-refractivity contribution in [2.24, 2.45) is 5.92 Å². The molecule has 0 aliphatic carbocycles. The van der Waals surface area contributed by atoms with E-state index in [1.54, 1.807) is 11.3 Å². The van der Waals surface area contributed by atoms with Crippen LogP contribution in [0, 0.1) is 5.92 Å². The van der Waals surface area contributed by atoms with Gasteiger partial charge in [-0.3, -0.25) is 4.79 Å². The van der Waals surface area contributed by atoms with Crippen LogP contribution in [-0.2, 0) is 11.2 Å². The number of aromatic nitrogens is 1. The minimum absolute atomic E-state index is 0.0416. The second-order valence-corrected chi connectivity index (χ2v) is 8.69. The third kappa shape index (κ3) is 4.53. The quantitative estimate of drug-likeness (QED) is 0.663. The van der Waals surface area contributed by atoms with E-state index in [9.17, 15) is 4.79 Å². The summed E-state index contributed by atoms with van der Waals surface area (Å²) in [7, 11) is 0. The summed E-state index contributed by atoms with van der Waals surface area (Å²) in [5.41, 5.74) is 2.37. The van der Waals surface area contributed by atoms with E-state index in [0.29, 0.717) is 0 Å². The van der Waals surface area contributed by atoms with Crippen LogP contribution in [0.3, 0.4) is 0 Å². The molecule has 0 bridgehead atoms. The number of nitrogens with zero attached hydrogens (tertiary/aromatic N) is 2. The second kappa shape index (κ2) is 8.74. The van der Waals surface area contributed by atoms with Crippen LogP contribution in [0.15, 0.2) is 54.6 Å². The number of rotatable bonds is 6. The van der Waals surface area contributed by atoms with Crippen LogP contribution in [0.25, 0.3) is 10.2 Å². The third-order valence-electron chi connectivity index (χ3n) is 5.44. The summed E-state index contributed by atoms with van der Waals surface area (Å²) in [5.74, 6) is 0.228. The Morgan fingerprint density at radius 2 is 2.00 bits per heavy atom. The van der Waals surface area contributed by atoms with Crippen molar-refractivity contribution in [3.63, 3.8) is 0 Å². The maximum Gasteiger partial charge on any atom is 0.225 e. The molecule has 1 aliphatic heterocycles. The fourth-order valence-corrected chi connectivity index (χ4v) is 4.82. The number of para-hydroxylation sites is 1. The minimum atomic E-state index is 0.0416. The summed E-state index contributed by atoms with van der Waals surface area (Å²) in [5, 5.41) is 4.27. The zero-order chi connectivity index (χ0) is 19.3. The van der Waals surface area contributed by atoms with E-state index < -0.39 is 0 Å². The summed E-state index contributed by atoms with van der Waals surface area (Å²) in [6, 6.07) is 18.9. The summed E-state index contributed by atoms with van der Waals surface area (Å²) in [4.78, 5) is 19.9. The number of nitrogens with one attached hydrogen (secondary N) is 1. The van der Waals surface area contributed by atoms with Crippen molar-refractivity contribution in [2.45, 2.75) is 38.6 Å². The maximum atomic E-state index is 12.8. The Balaban J connectivity index is 1.32. The molecule has 2 atom stereocenters. The van der Waals surface area contributed by atoms with Gasteiger partial charge in [0.25, 0.3) is 0 Å². The van der Waals surface area contributed by atoms with Crippen LogP contribution in [0.2, 0.25) is 0 Å². The molecule has 0 saturated carbocycles. The Morgan fingerprint density at radius 1 is 1.21 bits per heavy atom. The van der Waals surface area contributed by atoms with Gasteiger partial charge in [-0.25, -0.2) is 4.98 Å². The third-order valence-corrected chi connectivity index (χ3v) is 6.54. The molecule has 1 saturated heterocycles. The van der Waals surface area contributed by atoms with Gasteiger partial charge in [0, 0.05) is 19.1 Å². The molecule has 2 aromatic carbocycles. The lowest BCUT2D eigenvalue weighted by Crippen LogP contribution is -2.45. The van der Waals surface area contributed by atoms with Gasteiger partial charge in [0.05, 0.1) is 16.1 Å². The number of carbonyl (C=O) groups is 1. The second-order valence-electron chi connectivity index (χ2n) is 7.68. The van der Waals surface area contributed by atoms with Crippen molar-refractivity contribution in [3.8, 4) is 0 Å². The molecule has 3 aromatic rings. The Hall–Kier alpha value is -2.40. The van der Waals surface area contributed by atoms with Crippen molar-refractivity contribution in [2.75, 3.05) is 18.0 Å². The van der Waals surface area contributed by atoms with Gasteiger partial charge in [-0.2, -0.15) is 0 Å². The van der Waals surface area contributed by atoms with E-state index in [4.69, 9.17) is 4.98 Å².